The molecule has 1 saturated heterocycles. The van der Waals surface area contributed by atoms with Crippen molar-refractivity contribution in [3.05, 3.63) is 33.8 Å². The van der Waals surface area contributed by atoms with Gasteiger partial charge in [-0.2, -0.15) is 0 Å². The summed E-state index contributed by atoms with van der Waals surface area (Å²) in [7, 11) is 0. The summed E-state index contributed by atoms with van der Waals surface area (Å²) in [6, 6.07) is 4.96. The van der Waals surface area contributed by atoms with Crippen LogP contribution >= 0.6 is 23.2 Å². The van der Waals surface area contributed by atoms with Crippen LogP contribution in [-0.4, -0.2) is 29.7 Å². The Morgan fingerprint density at radius 3 is 2.32 bits per heavy atom. The second-order valence-corrected chi connectivity index (χ2v) is 5.59. The molecule has 0 unspecified atom stereocenters. The average Bonchev–Trinajstić information content (AvgIpc) is 2.41. The van der Waals surface area contributed by atoms with E-state index in [1.807, 2.05) is 0 Å². The van der Waals surface area contributed by atoms with Crippen molar-refractivity contribution in [1.29, 1.82) is 0 Å². The predicted molar refractivity (Wildman–Crippen MR) is 75.8 cm³/mol. The number of hydrogen-bond acceptors (Lipinski definition) is 2. The van der Waals surface area contributed by atoms with Gasteiger partial charge in [-0.05, 0) is 31.0 Å². The molecule has 1 aromatic carbocycles. The molecule has 1 aliphatic rings. The molecule has 19 heavy (non-hydrogen) atoms. The SMILES string of the molecule is CC(=O)N1CCC(C(=O)c2ccc(Cl)c(Cl)c2)CC1. The zero-order valence-electron chi connectivity index (χ0n) is 10.7. The maximum atomic E-state index is 12.3. The van der Waals surface area contributed by atoms with Crippen molar-refractivity contribution in [3.8, 4) is 0 Å². The second kappa shape index (κ2) is 5.93. The number of ketones is 1. The molecule has 102 valence electrons. The fraction of sp³-hybridized carbons (Fsp3) is 0.429. The summed E-state index contributed by atoms with van der Waals surface area (Å²) in [6.45, 7) is 2.85. The van der Waals surface area contributed by atoms with E-state index in [0.29, 0.717) is 41.5 Å². The Morgan fingerprint density at radius 2 is 1.79 bits per heavy atom. The number of Topliss-reactive ketones (excluding diaryl/α,β-unsaturated/α-hetero) is 1. The van der Waals surface area contributed by atoms with Crippen LogP contribution in [0.25, 0.3) is 0 Å². The lowest BCUT2D eigenvalue weighted by Crippen LogP contribution is -2.39. The molecule has 0 aliphatic carbocycles. The van der Waals surface area contributed by atoms with Gasteiger partial charge in [-0.15, -0.1) is 0 Å². The molecular weight excluding hydrogens is 285 g/mol. The summed E-state index contributed by atoms with van der Waals surface area (Å²) in [5, 5.41) is 0.846. The number of benzene rings is 1. The highest BCUT2D eigenvalue weighted by molar-refractivity contribution is 6.42. The minimum Gasteiger partial charge on any atom is -0.343 e. The molecule has 0 saturated carbocycles. The molecule has 1 fully saturated rings. The monoisotopic (exact) mass is 299 g/mol. The van der Waals surface area contributed by atoms with Crippen molar-refractivity contribution in [3.63, 3.8) is 0 Å². The van der Waals surface area contributed by atoms with Crippen LogP contribution in [0.5, 0.6) is 0 Å². The van der Waals surface area contributed by atoms with E-state index in [-0.39, 0.29) is 17.6 Å². The lowest BCUT2D eigenvalue weighted by molar-refractivity contribution is -0.130. The van der Waals surface area contributed by atoms with Gasteiger partial charge in [0.1, 0.15) is 0 Å². The van der Waals surface area contributed by atoms with Gasteiger partial charge in [0.25, 0.3) is 0 Å². The zero-order valence-corrected chi connectivity index (χ0v) is 12.2. The Hall–Kier alpha value is -1.06. The fourth-order valence-corrected chi connectivity index (χ4v) is 2.64. The summed E-state index contributed by atoms with van der Waals surface area (Å²) < 4.78 is 0. The maximum absolute atomic E-state index is 12.3. The topological polar surface area (TPSA) is 37.4 Å². The summed E-state index contributed by atoms with van der Waals surface area (Å²) in [5.74, 6) is 0.120. The molecule has 5 heteroatoms. The molecule has 1 aromatic rings. The standard InChI is InChI=1S/C14H15Cl2NO2/c1-9(18)17-6-4-10(5-7-17)14(19)11-2-3-12(15)13(16)8-11/h2-3,8,10H,4-7H2,1H3. The Kier molecular flexibility index (Phi) is 4.48. The molecule has 0 atom stereocenters. The summed E-state index contributed by atoms with van der Waals surface area (Å²) in [4.78, 5) is 25.3. The van der Waals surface area contributed by atoms with Gasteiger partial charge in [-0.1, -0.05) is 23.2 Å². The molecular formula is C14H15Cl2NO2. The summed E-state index contributed by atoms with van der Waals surface area (Å²) >= 11 is 11.8. The van der Waals surface area contributed by atoms with Crippen LogP contribution in [0.4, 0.5) is 0 Å². The molecule has 0 bridgehead atoms. The molecule has 2 rings (SSSR count). The van der Waals surface area contributed by atoms with E-state index in [0.717, 1.165) is 0 Å². The number of carbonyl (C=O) groups is 2. The van der Waals surface area contributed by atoms with Gasteiger partial charge < -0.3 is 4.90 Å². The number of halogens is 2. The van der Waals surface area contributed by atoms with Crippen LogP contribution in [-0.2, 0) is 4.79 Å². The van der Waals surface area contributed by atoms with E-state index in [1.165, 1.54) is 0 Å². The van der Waals surface area contributed by atoms with E-state index in [1.54, 1.807) is 30.0 Å². The smallest absolute Gasteiger partial charge is 0.219 e. The Labute approximate surface area is 122 Å². The Bertz CT molecular complexity index is 508. The van der Waals surface area contributed by atoms with Crippen molar-refractivity contribution < 1.29 is 9.59 Å². The highest BCUT2D eigenvalue weighted by atomic mass is 35.5. The van der Waals surface area contributed by atoms with Crippen molar-refractivity contribution in [2.75, 3.05) is 13.1 Å². The lowest BCUT2D eigenvalue weighted by Gasteiger charge is -2.30. The minimum atomic E-state index is -0.0344. The molecule has 0 radical (unpaired) electrons. The highest BCUT2D eigenvalue weighted by Crippen LogP contribution is 2.26. The largest absolute Gasteiger partial charge is 0.343 e. The van der Waals surface area contributed by atoms with Crippen molar-refractivity contribution in [1.82, 2.24) is 4.90 Å². The second-order valence-electron chi connectivity index (χ2n) is 4.77. The number of amides is 1. The maximum Gasteiger partial charge on any atom is 0.219 e. The molecule has 0 aromatic heterocycles. The van der Waals surface area contributed by atoms with Crippen LogP contribution in [0.2, 0.25) is 10.0 Å². The first-order chi connectivity index (χ1) is 8.99. The van der Waals surface area contributed by atoms with Gasteiger partial charge >= 0.3 is 0 Å². The third kappa shape index (κ3) is 3.28. The number of nitrogens with zero attached hydrogens (tertiary/aromatic N) is 1. The van der Waals surface area contributed by atoms with E-state index < -0.39 is 0 Å². The first-order valence-electron chi connectivity index (χ1n) is 6.24. The zero-order chi connectivity index (χ0) is 14.0. The average molecular weight is 300 g/mol. The van der Waals surface area contributed by atoms with Gasteiger partial charge in [0.05, 0.1) is 10.0 Å². The van der Waals surface area contributed by atoms with Gasteiger partial charge in [-0.25, -0.2) is 0 Å². The van der Waals surface area contributed by atoms with Gasteiger partial charge in [0.2, 0.25) is 5.91 Å². The first kappa shape index (κ1) is 14.4. The van der Waals surface area contributed by atoms with E-state index in [2.05, 4.69) is 0 Å². The van der Waals surface area contributed by atoms with Gasteiger partial charge in [0.15, 0.2) is 5.78 Å². The number of piperidine rings is 1. The number of likely N-dealkylation sites (tertiary alicyclic amines) is 1. The third-order valence-electron chi connectivity index (χ3n) is 3.52. The van der Waals surface area contributed by atoms with E-state index in [9.17, 15) is 9.59 Å². The van der Waals surface area contributed by atoms with E-state index in [4.69, 9.17) is 23.2 Å². The van der Waals surface area contributed by atoms with Crippen molar-refractivity contribution in [2.24, 2.45) is 5.92 Å². The predicted octanol–water partition coefficient (Wildman–Crippen LogP) is 3.43. The van der Waals surface area contributed by atoms with Gasteiger partial charge in [0, 0.05) is 31.5 Å². The van der Waals surface area contributed by atoms with Crippen LogP contribution in [0.15, 0.2) is 18.2 Å². The van der Waals surface area contributed by atoms with Crippen molar-refractivity contribution in [2.45, 2.75) is 19.8 Å². The van der Waals surface area contributed by atoms with Crippen LogP contribution < -0.4 is 0 Å². The normalized spacial score (nSPS) is 16.5. The summed E-state index contributed by atoms with van der Waals surface area (Å²) in [6.07, 6.45) is 1.41. The molecule has 1 heterocycles. The molecule has 1 amide bonds. The number of rotatable bonds is 2. The fourth-order valence-electron chi connectivity index (χ4n) is 2.34. The van der Waals surface area contributed by atoms with E-state index >= 15 is 0 Å². The number of carbonyl (C=O) groups excluding carboxylic acids is 2. The van der Waals surface area contributed by atoms with Crippen molar-refractivity contribution >= 4 is 34.9 Å². The third-order valence-corrected chi connectivity index (χ3v) is 4.25. The molecule has 0 spiro atoms. The minimum absolute atomic E-state index is 0.0344. The van der Waals surface area contributed by atoms with Crippen LogP contribution in [0.3, 0.4) is 0 Å². The van der Waals surface area contributed by atoms with Gasteiger partial charge in [-0.3, -0.25) is 9.59 Å². The van der Waals surface area contributed by atoms with Crippen LogP contribution in [0.1, 0.15) is 30.1 Å². The quantitative estimate of drug-likeness (QED) is 0.785. The Morgan fingerprint density at radius 1 is 1.16 bits per heavy atom. The molecule has 0 N–H and O–H groups in total. The van der Waals surface area contributed by atoms with Crippen LogP contribution in [0, 0.1) is 5.92 Å². The Balaban J connectivity index is 2.05. The first-order valence-corrected chi connectivity index (χ1v) is 6.99. The summed E-state index contributed by atoms with van der Waals surface area (Å²) in [5.41, 5.74) is 0.593. The highest BCUT2D eigenvalue weighted by Gasteiger charge is 2.26. The number of hydrogen-bond donors (Lipinski definition) is 0. The lowest BCUT2D eigenvalue weighted by atomic mass is 9.89. The molecule has 3 nitrogen and oxygen atoms in total. The molecule has 1 aliphatic heterocycles.